The second-order valence-electron chi connectivity index (χ2n) is 5.55. The third-order valence-electron chi connectivity index (χ3n) is 3.94. The van der Waals surface area contributed by atoms with Gasteiger partial charge in [-0.05, 0) is 37.1 Å². The highest BCUT2D eigenvalue weighted by molar-refractivity contribution is 5.85. The molecule has 0 saturated carbocycles. The Morgan fingerprint density at radius 2 is 2.25 bits per heavy atom. The Morgan fingerprint density at radius 1 is 1.42 bits per heavy atom. The molecule has 2 aromatic rings. The SMILES string of the molecule is O=C(NCc1ccco1)C1CCCN1c1cc(C(F)(F)F)ccn1. The lowest BCUT2D eigenvalue weighted by atomic mass is 10.2. The lowest BCUT2D eigenvalue weighted by Crippen LogP contribution is -2.43. The number of halogens is 3. The first kappa shape index (κ1) is 16.4. The van der Waals surface area contributed by atoms with Gasteiger partial charge in [-0.2, -0.15) is 13.2 Å². The standard InChI is InChI=1S/C16H16F3N3O2/c17-16(18,19)11-5-6-20-14(9-11)22-7-1-4-13(22)15(23)21-10-12-3-2-8-24-12/h2-3,5-6,8-9,13H,1,4,7,10H2,(H,21,23). The summed E-state index contributed by atoms with van der Waals surface area (Å²) in [6.07, 6.45) is -0.517. The first-order chi connectivity index (χ1) is 11.4. The Hall–Kier alpha value is -2.51. The van der Waals surface area contributed by atoms with Crippen molar-refractivity contribution in [2.45, 2.75) is 31.6 Å². The van der Waals surface area contributed by atoms with Gasteiger partial charge in [0.25, 0.3) is 0 Å². The van der Waals surface area contributed by atoms with Crippen LogP contribution < -0.4 is 10.2 Å². The lowest BCUT2D eigenvalue weighted by Gasteiger charge is -2.25. The zero-order valence-corrected chi connectivity index (χ0v) is 12.7. The van der Waals surface area contributed by atoms with E-state index in [0.717, 1.165) is 24.8 Å². The van der Waals surface area contributed by atoms with Crippen LogP contribution in [-0.4, -0.2) is 23.5 Å². The summed E-state index contributed by atoms with van der Waals surface area (Å²) in [7, 11) is 0. The van der Waals surface area contributed by atoms with Crippen LogP contribution in [0.25, 0.3) is 0 Å². The quantitative estimate of drug-likeness (QED) is 0.930. The highest BCUT2D eigenvalue weighted by Gasteiger charge is 2.35. The first-order valence-electron chi connectivity index (χ1n) is 7.55. The maximum atomic E-state index is 12.9. The van der Waals surface area contributed by atoms with Crippen molar-refractivity contribution in [1.29, 1.82) is 0 Å². The largest absolute Gasteiger partial charge is 0.467 e. The molecule has 24 heavy (non-hydrogen) atoms. The van der Waals surface area contributed by atoms with Crippen LogP contribution in [0.2, 0.25) is 0 Å². The topological polar surface area (TPSA) is 58.4 Å². The molecule has 2 aromatic heterocycles. The summed E-state index contributed by atoms with van der Waals surface area (Å²) in [5.41, 5.74) is -0.769. The number of anilines is 1. The van der Waals surface area contributed by atoms with E-state index in [4.69, 9.17) is 4.42 Å². The van der Waals surface area contributed by atoms with Gasteiger partial charge in [-0.15, -0.1) is 0 Å². The van der Waals surface area contributed by atoms with Gasteiger partial charge >= 0.3 is 6.18 Å². The number of carbonyl (C=O) groups excluding carboxylic acids is 1. The van der Waals surface area contributed by atoms with E-state index >= 15 is 0 Å². The number of hydrogen-bond acceptors (Lipinski definition) is 4. The zero-order chi connectivity index (χ0) is 17.2. The number of hydrogen-bond donors (Lipinski definition) is 1. The van der Waals surface area contributed by atoms with E-state index in [1.54, 1.807) is 17.0 Å². The molecule has 1 saturated heterocycles. The van der Waals surface area contributed by atoms with Crippen molar-refractivity contribution in [3.63, 3.8) is 0 Å². The van der Waals surface area contributed by atoms with Crippen LogP contribution in [0, 0.1) is 0 Å². The van der Waals surface area contributed by atoms with Gasteiger partial charge in [-0.25, -0.2) is 4.98 Å². The summed E-state index contributed by atoms with van der Waals surface area (Å²) in [6, 6.07) is 4.83. The average Bonchev–Trinajstić information content (AvgIpc) is 3.23. The number of nitrogens with zero attached hydrogens (tertiary/aromatic N) is 2. The van der Waals surface area contributed by atoms with Gasteiger partial charge in [0, 0.05) is 12.7 Å². The highest BCUT2D eigenvalue weighted by Crippen LogP contribution is 2.32. The minimum absolute atomic E-state index is 0.167. The van der Waals surface area contributed by atoms with Crippen molar-refractivity contribution < 1.29 is 22.4 Å². The van der Waals surface area contributed by atoms with Crippen molar-refractivity contribution in [3.05, 3.63) is 48.0 Å². The van der Waals surface area contributed by atoms with Crippen LogP contribution in [0.5, 0.6) is 0 Å². The number of rotatable bonds is 4. The molecule has 3 rings (SSSR count). The summed E-state index contributed by atoms with van der Waals surface area (Å²) in [4.78, 5) is 18.0. The van der Waals surface area contributed by atoms with Crippen LogP contribution in [0.15, 0.2) is 41.1 Å². The number of aromatic nitrogens is 1. The second-order valence-corrected chi connectivity index (χ2v) is 5.55. The highest BCUT2D eigenvalue weighted by atomic mass is 19.4. The second kappa shape index (κ2) is 6.54. The fourth-order valence-electron chi connectivity index (χ4n) is 2.77. The molecule has 0 spiro atoms. The molecule has 1 aliphatic heterocycles. The predicted molar refractivity (Wildman–Crippen MR) is 80.2 cm³/mol. The van der Waals surface area contributed by atoms with Crippen molar-refractivity contribution in [2.75, 3.05) is 11.4 Å². The van der Waals surface area contributed by atoms with Crippen LogP contribution in [0.1, 0.15) is 24.2 Å². The molecule has 3 heterocycles. The molecule has 0 aromatic carbocycles. The monoisotopic (exact) mass is 339 g/mol. The number of pyridine rings is 1. The molecule has 1 fully saturated rings. The minimum Gasteiger partial charge on any atom is -0.467 e. The molecular formula is C16H16F3N3O2. The van der Waals surface area contributed by atoms with Crippen LogP contribution in [0.4, 0.5) is 19.0 Å². The molecule has 1 unspecified atom stereocenters. The Balaban J connectivity index is 1.72. The number of carbonyl (C=O) groups is 1. The van der Waals surface area contributed by atoms with Gasteiger partial charge in [0.1, 0.15) is 17.6 Å². The fraction of sp³-hybridized carbons (Fsp3) is 0.375. The molecule has 1 atom stereocenters. The van der Waals surface area contributed by atoms with Gasteiger partial charge in [-0.1, -0.05) is 0 Å². The number of furan rings is 1. The van der Waals surface area contributed by atoms with Crippen LogP contribution >= 0.6 is 0 Å². The molecule has 5 nitrogen and oxygen atoms in total. The zero-order valence-electron chi connectivity index (χ0n) is 12.7. The third-order valence-corrected chi connectivity index (χ3v) is 3.94. The van der Waals surface area contributed by atoms with Crippen molar-refractivity contribution >= 4 is 11.7 Å². The van der Waals surface area contributed by atoms with E-state index in [-0.39, 0.29) is 18.3 Å². The number of amides is 1. The van der Waals surface area contributed by atoms with E-state index in [9.17, 15) is 18.0 Å². The van der Waals surface area contributed by atoms with Crippen LogP contribution in [0.3, 0.4) is 0 Å². The van der Waals surface area contributed by atoms with E-state index in [0.29, 0.717) is 18.7 Å². The molecule has 0 bridgehead atoms. The summed E-state index contributed by atoms with van der Waals surface area (Å²) >= 11 is 0. The van der Waals surface area contributed by atoms with Crippen LogP contribution in [-0.2, 0) is 17.5 Å². The maximum absolute atomic E-state index is 12.9. The summed E-state index contributed by atoms with van der Waals surface area (Å²) < 4.78 is 43.7. The summed E-state index contributed by atoms with van der Waals surface area (Å²) in [5, 5.41) is 2.75. The van der Waals surface area contributed by atoms with Gasteiger partial charge in [0.2, 0.25) is 5.91 Å². The molecule has 0 aliphatic carbocycles. The Morgan fingerprint density at radius 3 is 2.96 bits per heavy atom. The first-order valence-corrected chi connectivity index (χ1v) is 7.55. The van der Waals surface area contributed by atoms with Gasteiger partial charge in [0.05, 0.1) is 18.4 Å². The Bertz CT molecular complexity index is 701. The summed E-state index contributed by atoms with van der Waals surface area (Å²) in [6.45, 7) is 0.735. The van der Waals surface area contributed by atoms with Crippen molar-refractivity contribution in [1.82, 2.24) is 10.3 Å². The molecule has 1 aliphatic rings. The molecule has 1 N–H and O–H groups in total. The van der Waals surface area contributed by atoms with E-state index in [1.165, 1.54) is 6.26 Å². The van der Waals surface area contributed by atoms with Gasteiger partial charge in [0.15, 0.2) is 0 Å². The van der Waals surface area contributed by atoms with E-state index < -0.39 is 17.8 Å². The van der Waals surface area contributed by atoms with Crippen molar-refractivity contribution in [2.24, 2.45) is 0 Å². The number of nitrogens with one attached hydrogen (secondary N) is 1. The normalized spacial score (nSPS) is 18.0. The molecular weight excluding hydrogens is 323 g/mol. The van der Waals surface area contributed by atoms with Gasteiger partial charge < -0.3 is 14.6 Å². The molecule has 8 heteroatoms. The molecule has 0 radical (unpaired) electrons. The fourth-order valence-corrected chi connectivity index (χ4v) is 2.77. The molecule has 1 amide bonds. The maximum Gasteiger partial charge on any atom is 0.416 e. The third kappa shape index (κ3) is 3.52. The van der Waals surface area contributed by atoms with Crippen molar-refractivity contribution in [3.8, 4) is 0 Å². The Labute approximate surface area is 136 Å². The van der Waals surface area contributed by atoms with Gasteiger partial charge in [-0.3, -0.25) is 4.79 Å². The van der Waals surface area contributed by atoms with E-state index in [1.807, 2.05) is 0 Å². The smallest absolute Gasteiger partial charge is 0.416 e. The molecule has 128 valence electrons. The minimum atomic E-state index is -4.44. The summed E-state index contributed by atoms with van der Waals surface area (Å²) in [5.74, 6) is 0.536. The lowest BCUT2D eigenvalue weighted by molar-refractivity contribution is -0.137. The number of alkyl halides is 3. The van der Waals surface area contributed by atoms with E-state index in [2.05, 4.69) is 10.3 Å². The average molecular weight is 339 g/mol. The Kier molecular flexibility index (Phi) is 4.46. The predicted octanol–water partition coefficient (Wildman–Crippen LogP) is 2.98.